The number of aliphatic carboxylic acids is 1. The van der Waals surface area contributed by atoms with Gasteiger partial charge in [0, 0.05) is 23.2 Å². The Hall–Kier alpha value is -3.02. The quantitative estimate of drug-likeness (QED) is 0.690. The minimum absolute atomic E-state index is 0.115. The second-order valence-electron chi connectivity index (χ2n) is 5.42. The first kappa shape index (κ1) is 15.9. The van der Waals surface area contributed by atoms with Crippen LogP contribution in [0.25, 0.3) is 10.9 Å². The van der Waals surface area contributed by atoms with Gasteiger partial charge >= 0.3 is 5.97 Å². The van der Waals surface area contributed by atoms with E-state index in [9.17, 15) is 14.7 Å². The fraction of sp³-hybridized carbons (Fsp3) is 0.222. The van der Waals surface area contributed by atoms with E-state index in [1.807, 2.05) is 13.0 Å². The molecular formula is C18H17NO5. The third-order valence-corrected chi connectivity index (χ3v) is 3.92. The molecule has 0 spiro atoms. The molecule has 2 aromatic rings. The van der Waals surface area contributed by atoms with Crippen molar-refractivity contribution in [3.8, 4) is 11.5 Å². The Balaban J connectivity index is 2.22. The molecule has 1 aliphatic heterocycles. The monoisotopic (exact) mass is 327 g/mol. The summed E-state index contributed by atoms with van der Waals surface area (Å²) >= 11 is 0. The predicted molar refractivity (Wildman–Crippen MR) is 88.7 cm³/mol. The number of aromatic nitrogens is 1. The van der Waals surface area contributed by atoms with E-state index in [4.69, 9.17) is 9.47 Å². The molecule has 0 amide bonds. The van der Waals surface area contributed by atoms with Crippen LogP contribution in [0.15, 0.2) is 36.4 Å². The molecule has 0 atom stereocenters. The number of hydrogen-bond donors (Lipinski definition) is 1. The average molecular weight is 327 g/mol. The van der Waals surface area contributed by atoms with Crippen LogP contribution in [0, 0.1) is 6.92 Å². The highest BCUT2D eigenvalue weighted by molar-refractivity contribution is 6.02. The summed E-state index contributed by atoms with van der Waals surface area (Å²) in [5.74, 6) is -0.0885. The zero-order chi connectivity index (χ0) is 17.3. The van der Waals surface area contributed by atoms with Crippen LogP contribution < -0.4 is 9.47 Å². The van der Waals surface area contributed by atoms with Gasteiger partial charge in [0.15, 0.2) is 11.5 Å². The van der Waals surface area contributed by atoms with E-state index >= 15 is 0 Å². The molecule has 3 rings (SSSR count). The summed E-state index contributed by atoms with van der Waals surface area (Å²) in [6, 6.07) is 3.46. The number of rotatable bonds is 4. The summed E-state index contributed by atoms with van der Waals surface area (Å²) in [5, 5.41) is 9.88. The first-order valence-electron chi connectivity index (χ1n) is 7.52. The van der Waals surface area contributed by atoms with E-state index in [1.54, 1.807) is 31.2 Å². The topological polar surface area (TPSA) is 77.8 Å². The molecule has 124 valence electrons. The van der Waals surface area contributed by atoms with Gasteiger partial charge in [0.05, 0.1) is 11.9 Å². The second-order valence-corrected chi connectivity index (χ2v) is 5.42. The number of carboxylic acid groups (broad SMARTS) is 1. The summed E-state index contributed by atoms with van der Waals surface area (Å²) in [5.41, 5.74) is 1.82. The molecule has 0 radical (unpaired) electrons. The summed E-state index contributed by atoms with van der Waals surface area (Å²) in [6.07, 6.45) is 6.50. The van der Waals surface area contributed by atoms with Crippen molar-refractivity contribution < 1.29 is 24.2 Å². The maximum atomic E-state index is 12.6. The van der Waals surface area contributed by atoms with Crippen LogP contribution in [0.2, 0.25) is 0 Å². The van der Waals surface area contributed by atoms with Crippen LogP contribution in [0.5, 0.6) is 11.5 Å². The lowest BCUT2D eigenvalue weighted by Crippen LogP contribution is -2.10. The molecule has 24 heavy (non-hydrogen) atoms. The number of hydrogen-bond acceptors (Lipinski definition) is 4. The van der Waals surface area contributed by atoms with Gasteiger partial charge in [0.1, 0.15) is 0 Å². The number of carboxylic acids is 1. The number of ether oxygens (including phenoxy) is 2. The highest BCUT2D eigenvalue weighted by Crippen LogP contribution is 2.39. The molecule has 0 bridgehead atoms. The van der Waals surface area contributed by atoms with Gasteiger partial charge in [0.25, 0.3) is 5.91 Å². The maximum Gasteiger partial charge on any atom is 0.307 e. The van der Waals surface area contributed by atoms with Gasteiger partial charge in [-0.1, -0.05) is 18.2 Å². The van der Waals surface area contributed by atoms with Crippen molar-refractivity contribution in [1.82, 2.24) is 4.57 Å². The maximum absolute atomic E-state index is 12.6. The molecule has 0 fully saturated rings. The SMILES string of the molecule is CC=CC=CC(=O)n1c(C)c(CC(=O)O)c2cc3c(cc21)OCO3. The Labute approximate surface area is 138 Å². The van der Waals surface area contributed by atoms with Gasteiger partial charge in [-0.15, -0.1) is 0 Å². The van der Waals surface area contributed by atoms with E-state index in [2.05, 4.69) is 0 Å². The van der Waals surface area contributed by atoms with E-state index in [0.29, 0.717) is 33.7 Å². The molecular weight excluding hydrogens is 310 g/mol. The van der Waals surface area contributed by atoms with Crippen molar-refractivity contribution in [1.29, 1.82) is 0 Å². The molecule has 0 unspecified atom stereocenters. The van der Waals surface area contributed by atoms with Crippen molar-refractivity contribution >= 4 is 22.8 Å². The third kappa shape index (κ3) is 2.67. The van der Waals surface area contributed by atoms with Crippen LogP contribution >= 0.6 is 0 Å². The van der Waals surface area contributed by atoms with Gasteiger partial charge in [-0.25, -0.2) is 0 Å². The largest absolute Gasteiger partial charge is 0.481 e. The molecule has 1 N–H and O–H groups in total. The second kappa shape index (κ2) is 6.23. The van der Waals surface area contributed by atoms with Gasteiger partial charge in [-0.05, 0) is 25.5 Å². The average Bonchev–Trinajstić information content (AvgIpc) is 3.08. The molecule has 0 saturated carbocycles. The Bertz CT molecular complexity index is 889. The smallest absolute Gasteiger partial charge is 0.307 e. The normalized spacial score (nSPS) is 13.4. The Morgan fingerprint density at radius 3 is 2.62 bits per heavy atom. The van der Waals surface area contributed by atoms with Crippen LogP contribution in [0.1, 0.15) is 23.0 Å². The Morgan fingerprint density at radius 2 is 1.96 bits per heavy atom. The molecule has 2 heterocycles. The molecule has 6 heteroatoms. The van der Waals surface area contributed by atoms with Crippen molar-refractivity contribution in [3.05, 3.63) is 47.7 Å². The number of benzene rings is 1. The van der Waals surface area contributed by atoms with Crippen molar-refractivity contribution in [3.63, 3.8) is 0 Å². The first-order valence-corrected chi connectivity index (χ1v) is 7.52. The van der Waals surface area contributed by atoms with Gasteiger partial charge in [0.2, 0.25) is 6.79 Å². The summed E-state index contributed by atoms with van der Waals surface area (Å²) in [4.78, 5) is 23.8. The van der Waals surface area contributed by atoms with Crippen molar-refractivity contribution in [2.45, 2.75) is 20.3 Å². The number of carbonyl (C=O) groups is 2. The van der Waals surface area contributed by atoms with Crippen LogP contribution in [0.3, 0.4) is 0 Å². The molecule has 1 aromatic heterocycles. The fourth-order valence-electron chi connectivity index (χ4n) is 2.85. The molecule has 0 saturated heterocycles. The lowest BCUT2D eigenvalue weighted by atomic mass is 10.1. The first-order chi connectivity index (χ1) is 11.5. The zero-order valence-corrected chi connectivity index (χ0v) is 13.4. The molecule has 1 aromatic carbocycles. The van der Waals surface area contributed by atoms with Crippen LogP contribution in [0.4, 0.5) is 0 Å². The highest BCUT2D eigenvalue weighted by Gasteiger charge is 2.23. The van der Waals surface area contributed by atoms with Crippen molar-refractivity contribution in [2.24, 2.45) is 0 Å². The minimum atomic E-state index is -0.952. The van der Waals surface area contributed by atoms with Crippen molar-refractivity contribution in [2.75, 3.05) is 6.79 Å². The summed E-state index contributed by atoms with van der Waals surface area (Å²) in [7, 11) is 0. The summed E-state index contributed by atoms with van der Waals surface area (Å²) in [6.45, 7) is 3.72. The summed E-state index contributed by atoms with van der Waals surface area (Å²) < 4.78 is 12.3. The standard InChI is InChI=1S/C18H17NO5/c1-3-4-5-6-17(20)19-11(2)12(8-18(21)22)13-7-15-16(9-14(13)19)24-10-23-15/h3-7,9H,8,10H2,1-2H3,(H,21,22). The number of fused-ring (bicyclic) bond motifs is 2. The number of carbonyl (C=O) groups excluding carboxylic acids is 1. The van der Waals surface area contributed by atoms with E-state index in [-0.39, 0.29) is 19.1 Å². The Kier molecular flexibility index (Phi) is 4.12. The molecule has 6 nitrogen and oxygen atoms in total. The van der Waals surface area contributed by atoms with Crippen LogP contribution in [-0.2, 0) is 11.2 Å². The zero-order valence-electron chi connectivity index (χ0n) is 13.4. The predicted octanol–water partition coefficient (Wildman–Crippen LogP) is 3.08. The minimum Gasteiger partial charge on any atom is -0.481 e. The van der Waals surface area contributed by atoms with Gasteiger partial charge in [-0.2, -0.15) is 0 Å². The van der Waals surface area contributed by atoms with E-state index < -0.39 is 5.97 Å². The highest BCUT2D eigenvalue weighted by atomic mass is 16.7. The van der Waals surface area contributed by atoms with E-state index in [0.717, 1.165) is 0 Å². The fourth-order valence-corrected chi connectivity index (χ4v) is 2.85. The Morgan fingerprint density at radius 1 is 1.25 bits per heavy atom. The third-order valence-electron chi connectivity index (χ3n) is 3.92. The molecule has 0 aliphatic carbocycles. The number of allylic oxidation sites excluding steroid dienone is 4. The van der Waals surface area contributed by atoms with Gasteiger partial charge in [-0.3, -0.25) is 14.2 Å². The number of nitrogens with zero attached hydrogens (tertiary/aromatic N) is 1. The van der Waals surface area contributed by atoms with Gasteiger partial charge < -0.3 is 14.6 Å². The van der Waals surface area contributed by atoms with Crippen LogP contribution in [-0.4, -0.2) is 28.3 Å². The van der Waals surface area contributed by atoms with E-state index in [1.165, 1.54) is 10.6 Å². The lowest BCUT2D eigenvalue weighted by Gasteiger charge is -2.04. The lowest BCUT2D eigenvalue weighted by molar-refractivity contribution is -0.136. The molecule has 1 aliphatic rings.